The number of hydrogen-bond acceptors (Lipinski definition) is 1. The summed E-state index contributed by atoms with van der Waals surface area (Å²) < 4.78 is 37.2. The van der Waals surface area contributed by atoms with Gasteiger partial charge in [-0.15, -0.1) is 0 Å². The quantitative estimate of drug-likeness (QED) is 0.165. The van der Waals surface area contributed by atoms with Crippen LogP contribution in [0.2, 0.25) is 0 Å². The topological polar surface area (TPSA) is 3.24 Å². The number of benzene rings is 9. The maximum Gasteiger partial charge on any atom is 0.0651 e. The zero-order chi connectivity index (χ0) is 37.5. The monoisotopic (exact) mass is 653 g/mol. The van der Waals surface area contributed by atoms with Crippen molar-refractivity contribution >= 4 is 38.6 Å². The number of rotatable bonds is 7. The van der Waals surface area contributed by atoms with Crippen molar-refractivity contribution in [2.75, 3.05) is 4.90 Å². The Morgan fingerprint density at radius 1 is 0.314 bits per heavy atom. The highest BCUT2D eigenvalue weighted by atomic mass is 15.1. The first-order valence-electron chi connectivity index (χ1n) is 19.2. The van der Waals surface area contributed by atoms with Gasteiger partial charge in [0.05, 0.1) is 5.48 Å². The molecule has 0 aliphatic carbocycles. The normalized spacial score (nSPS) is 12.2. The van der Waals surface area contributed by atoms with E-state index in [9.17, 15) is 2.74 Å². The van der Waals surface area contributed by atoms with Crippen LogP contribution >= 0.6 is 0 Å². The molecule has 0 saturated heterocycles. The zero-order valence-electron chi connectivity index (χ0n) is 31.8. The average molecular weight is 654 g/mol. The average Bonchev–Trinajstić information content (AvgIpc) is 3.25. The summed E-state index contributed by atoms with van der Waals surface area (Å²) in [5.74, 6) is 0. The lowest BCUT2D eigenvalue weighted by molar-refractivity contribution is 1.28. The van der Waals surface area contributed by atoms with Crippen LogP contribution in [-0.2, 0) is 0 Å². The van der Waals surface area contributed by atoms with Crippen molar-refractivity contribution in [2.45, 2.75) is 0 Å². The predicted octanol–water partition coefficient (Wildman–Crippen LogP) is 14.1. The molecule has 9 rings (SSSR count). The highest BCUT2D eigenvalue weighted by Gasteiger charge is 2.15. The highest BCUT2D eigenvalue weighted by molar-refractivity contribution is 5.98. The van der Waals surface area contributed by atoms with Crippen LogP contribution in [-0.4, -0.2) is 0 Å². The molecule has 0 bridgehead atoms. The second-order valence-electron chi connectivity index (χ2n) is 12.6. The Kier molecular flexibility index (Phi) is 6.84. The summed E-state index contributed by atoms with van der Waals surface area (Å²) in [6.07, 6.45) is 0. The first-order valence-corrected chi connectivity index (χ1v) is 17.2. The van der Waals surface area contributed by atoms with E-state index < -0.39 is 0 Å². The van der Waals surface area contributed by atoms with Crippen molar-refractivity contribution in [3.05, 3.63) is 212 Å². The second kappa shape index (κ2) is 13.3. The lowest BCUT2D eigenvalue weighted by Gasteiger charge is -2.26. The van der Waals surface area contributed by atoms with Gasteiger partial charge in [0.2, 0.25) is 0 Å². The van der Waals surface area contributed by atoms with Crippen LogP contribution in [0.1, 0.15) is 5.48 Å². The number of fused-ring (bicyclic) bond motifs is 2. The number of anilines is 3. The number of nitrogens with zero attached hydrogens (tertiary/aromatic N) is 1. The summed E-state index contributed by atoms with van der Waals surface area (Å²) in [6, 6.07) is 63.1. The summed E-state index contributed by atoms with van der Waals surface area (Å²) in [5, 5.41) is 4.20. The first-order chi connectivity index (χ1) is 27.0. The Hall–Kier alpha value is -6.70. The maximum atomic E-state index is 9.74. The van der Waals surface area contributed by atoms with Gasteiger partial charge in [-0.1, -0.05) is 176 Å². The van der Waals surface area contributed by atoms with Gasteiger partial charge in [0, 0.05) is 17.1 Å². The third kappa shape index (κ3) is 5.96. The summed E-state index contributed by atoms with van der Waals surface area (Å²) in [7, 11) is 0. The lowest BCUT2D eigenvalue weighted by Crippen LogP contribution is -2.10. The zero-order valence-corrected chi connectivity index (χ0v) is 27.8. The SMILES string of the molecule is [2H]c1c([2H])c(-c2cccc3ccccc23)c([2H])c(N(c2ccc(-c3ccc(-c4ccccc4)cc3)cc2)c2ccc(-c3cccc4ccccc34)cc2)c1[2H]. The van der Waals surface area contributed by atoms with Gasteiger partial charge in [0.1, 0.15) is 0 Å². The molecule has 240 valence electrons. The van der Waals surface area contributed by atoms with Crippen LogP contribution in [0.5, 0.6) is 0 Å². The maximum absolute atomic E-state index is 9.74. The minimum Gasteiger partial charge on any atom is -0.310 e. The van der Waals surface area contributed by atoms with Gasteiger partial charge in [0.25, 0.3) is 0 Å². The van der Waals surface area contributed by atoms with Crippen molar-refractivity contribution < 1.29 is 5.48 Å². The molecule has 0 aliphatic heterocycles. The Balaban J connectivity index is 1.19. The van der Waals surface area contributed by atoms with E-state index in [1.165, 1.54) is 5.56 Å². The molecule has 0 fully saturated rings. The fourth-order valence-electron chi connectivity index (χ4n) is 6.99. The molecule has 0 atom stereocenters. The molecule has 9 aromatic carbocycles. The minimum absolute atomic E-state index is 0.0288. The van der Waals surface area contributed by atoms with Crippen molar-refractivity contribution in [3.8, 4) is 44.5 Å². The van der Waals surface area contributed by atoms with Crippen molar-refractivity contribution in [1.29, 1.82) is 0 Å². The Labute approximate surface area is 305 Å². The molecule has 0 spiro atoms. The molecule has 0 aliphatic rings. The van der Waals surface area contributed by atoms with Gasteiger partial charge in [0.15, 0.2) is 0 Å². The lowest BCUT2D eigenvalue weighted by atomic mass is 9.97. The van der Waals surface area contributed by atoms with Gasteiger partial charge in [-0.3, -0.25) is 0 Å². The van der Waals surface area contributed by atoms with Crippen LogP contribution in [0.3, 0.4) is 0 Å². The minimum atomic E-state index is -0.221. The van der Waals surface area contributed by atoms with E-state index in [-0.39, 0.29) is 29.9 Å². The Bertz CT molecular complexity index is 2820. The smallest absolute Gasteiger partial charge is 0.0651 e. The molecule has 9 aromatic rings. The molecular weight excluding hydrogens is 615 g/mol. The molecule has 0 amide bonds. The van der Waals surface area contributed by atoms with Crippen molar-refractivity contribution in [3.63, 3.8) is 0 Å². The van der Waals surface area contributed by atoms with Crippen LogP contribution in [0.15, 0.2) is 212 Å². The van der Waals surface area contributed by atoms with Crippen LogP contribution in [0.25, 0.3) is 66.1 Å². The third-order valence-electron chi connectivity index (χ3n) is 9.57. The largest absolute Gasteiger partial charge is 0.310 e. The molecule has 0 unspecified atom stereocenters. The number of hydrogen-bond donors (Lipinski definition) is 0. The molecule has 1 nitrogen and oxygen atoms in total. The summed E-state index contributed by atoms with van der Waals surface area (Å²) in [5.41, 5.74) is 9.35. The van der Waals surface area contributed by atoms with Gasteiger partial charge in [-0.25, -0.2) is 0 Å². The molecule has 0 aromatic heterocycles. The van der Waals surface area contributed by atoms with Crippen LogP contribution in [0, 0.1) is 0 Å². The van der Waals surface area contributed by atoms with E-state index in [2.05, 4.69) is 97.1 Å². The van der Waals surface area contributed by atoms with E-state index in [0.29, 0.717) is 11.1 Å². The van der Waals surface area contributed by atoms with E-state index in [1.807, 2.05) is 95.9 Å². The van der Waals surface area contributed by atoms with E-state index in [4.69, 9.17) is 2.74 Å². The molecule has 51 heavy (non-hydrogen) atoms. The van der Waals surface area contributed by atoms with Crippen molar-refractivity contribution in [1.82, 2.24) is 0 Å². The van der Waals surface area contributed by atoms with E-state index in [0.717, 1.165) is 60.7 Å². The predicted molar refractivity (Wildman–Crippen MR) is 218 cm³/mol. The fraction of sp³-hybridized carbons (Fsp3) is 0. The van der Waals surface area contributed by atoms with Gasteiger partial charge >= 0.3 is 0 Å². The van der Waals surface area contributed by atoms with Gasteiger partial charge in [-0.2, -0.15) is 0 Å². The molecule has 1 heteroatoms. The Morgan fingerprint density at radius 2 is 0.745 bits per heavy atom. The van der Waals surface area contributed by atoms with E-state index in [1.54, 1.807) is 0 Å². The van der Waals surface area contributed by atoms with Gasteiger partial charge < -0.3 is 4.90 Å². The molecule has 0 N–H and O–H groups in total. The third-order valence-corrected chi connectivity index (χ3v) is 9.57. The first kappa shape index (κ1) is 26.2. The molecular formula is C50H35N. The standard InChI is InChI=1S/C50H35N/c1-2-11-36(12-3-1)37-23-25-38(26-24-37)39-27-31-44(32-28-39)51(45-33-29-42(30-34-45)49-21-9-15-40-13-4-6-19-47(40)49)46-18-8-17-43(35-46)50-22-10-16-41-14-5-7-20-48(41)50/h1-35H/i8D,17D,18D,35D. The fourth-order valence-corrected chi connectivity index (χ4v) is 6.99. The van der Waals surface area contributed by atoms with Crippen LogP contribution < -0.4 is 4.90 Å². The summed E-state index contributed by atoms with van der Waals surface area (Å²) in [6.45, 7) is 0. The highest BCUT2D eigenvalue weighted by Crippen LogP contribution is 2.40. The molecule has 0 radical (unpaired) electrons. The molecule has 0 saturated carbocycles. The van der Waals surface area contributed by atoms with Crippen molar-refractivity contribution in [2.24, 2.45) is 0 Å². The van der Waals surface area contributed by atoms with Crippen LogP contribution in [0.4, 0.5) is 17.1 Å². The summed E-state index contributed by atoms with van der Waals surface area (Å²) >= 11 is 0. The molecule has 0 heterocycles. The summed E-state index contributed by atoms with van der Waals surface area (Å²) in [4.78, 5) is 1.89. The van der Waals surface area contributed by atoms with Gasteiger partial charge in [-0.05, 0) is 102 Å². The van der Waals surface area contributed by atoms with E-state index >= 15 is 0 Å². The Morgan fingerprint density at radius 3 is 1.31 bits per heavy atom. The second-order valence-corrected chi connectivity index (χ2v) is 12.6.